The van der Waals surface area contributed by atoms with E-state index in [1.54, 1.807) is 12.1 Å². The van der Waals surface area contributed by atoms with E-state index in [0.29, 0.717) is 19.1 Å². The molecule has 0 atom stereocenters. The molecule has 0 radical (unpaired) electrons. The van der Waals surface area contributed by atoms with Crippen LogP contribution in [0.2, 0.25) is 0 Å². The second kappa shape index (κ2) is 8.58. The molecular weight excluding hydrogens is 333 g/mol. The molecule has 1 aliphatic carbocycles. The van der Waals surface area contributed by atoms with Crippen LogP contribution in [0.15, 0.2) is 24.3 Å². The summed E-state index contributed by atoms with van der Waals surface area (Å²) in [6.07, 6.45) is 5.08. The van der Waals surface area contributed by atoms with Crippen LogP contribution < -0.4 is 0 Å². The first-order chi connectivity index (χ1) is 11.4. The summed E-state index contributed by atoms with van der Waals surface area (Å²) in [5.74, 6) is -2.54. The van der Waals surface area contributed by atoms with Crippen LogP contribution in [0.1, 0.15) is 31.2 Å². The maximum absolute atomic E-state index is 13.0. The maximum atomic E-state index is 13.0. The van der Waals surface area contributed by atoms with Crippen LogP contribution in [0.3, 0.4) is 0 Å². The van der Waals surface area contributed by atoms with E-state index in [1.807, 2.05) is 0 Å². The first-order valence-electron chi connectivity index (χ1n) is 8.26. The van der Waals surface area contributed by atoms with Crippen LogP contribution >= 0.6 is 0 Å². The molecule has 1 N–H and O–H groups in total. The normalized spacial score (nSPS) is 15.9. The van der Waals surface area contributed by atoms with Gasteiger partial charge in [-0.15, -0.1) is 0 Å². The first-order valence-corrected chi connectivity index (χ1v) is 10.1. The Morgan fingerprint density at radius 1 is 1.17 bits per heavy atom. The SMILES string of the molecule is O=C(O)CS(=O)(=O)CCN(CCc1ccc(F)cc1)C1CCCC1. The molecule has 0 unspecified atom stereocenters. The molecule has 0 heterocycles. The molecule has 0 saturated heterocycles. The predicted octanol–water partition coefficient (Wildman–Crippen LogP) is 2.11. The van der Waals surface area contributed by atoms with Crippen LogP contribution in [0.5, 0.6) is 0 Å². The Labute approximate surface area is 142 Å². The van der Waals surface area contributed by atoms with Gasteiger partial charge in [-0.05, 0) is 37.0 Å². The summed E-state index contributed by atoms with van der Waals surface area (Å²) in [4.78, 5) is 12.8. The topological polar surface area (TPSA) is 74.7 Å². The van der Waals surface area contributed by atoms with Gasteiger partial charge in [0.25, 0.3) is 0 Å². The molecule has 1 aliphatic rings. The number of hydrogen-bond donors (Lipinski definition) is 1. The fraction of sp³-hybridized carbons (Fsp3) is 0.588. The van der Waals surface area contributed by atoms with E-state index in [0.717, 1.165) is 37.7 Å². The Morgan fingerprint density at radius 2 is 1.79 bits per heavy atom. The Balaban J connectivity index is 1.94. The number of nitrogens with zero attached hydrogens (tertiary/aromatic N) is 1. The molecule has 5 nitrogen and oxygen atoms in total. The zero-order valence-corrected chi connectivity index (χ0v) is 14.5. The zero-order chi connectivity index (χ0) is 17.6. The van der Waals surface area contributed by atoms with Gasteiger partial charge in [0.05, 0.1) is 5.75 Å². The van der Waals surface area contributed by atoms with E-state index in [2.05, 4.69) is 4.90 Å². The summed E-state index contributed by atoms with van der Waals surface area (Å²) < 4.78 is 36.6. The second-order valence-electron chi connectivity index (χ2n) is 6.34. The Kier molecular flexibility index (Phi) is 6.74. The van der Waals surface area contributed by atoms with Gasteiger partial charge in [-0.3, -0.25) is 9.69 Å². The molecule has 24 heavy (non-hydrogen) atoms. The van der Waals surface area contributed by atoms with Gasteiger partial charge in [-0.25, -0.2) is 12.8 Å². The van der Waals surface area contributed by atoms with Crippen molar-refractivity contribution in [1.82, 2.24) is 4.90 Å². The average Bonchev–Trinajstić information content (AvgIpc) is 3.02. The zero-order valence-electron chi connectivity index (χ0n) is 13.7. The van der Waals surface area contributed by atoms with E-state index >= 15 is 0 Å². The third kappa shape index (κ3) is 6.20. The van der Waals surface area contributed by atoms with Crippen molar-refractivity contribution in [2.75, 3.05) is 24.6 Å². The van der Waals surface area contributed by atoms with Crippen molar-refractivity contribution < 1.29 is 22.7 Å². The van der Waals surface area contributed by atoms with Crippen molar-refractivity contribution >= 4 is 15.8 Å². The van der Waals surface area contributed by atoms with Gasteiger partial charge in [0.2, 0.25) is 0 Å². The van der Waals surface area contributed by atoms with Crippen molar-refractivity contribution in [2.24, 2.45) is 0 Å². The Bertz CT molecular complexity index is 639. The molecule has 0 aliphatic heterocycles. The Morgan fingerprint density at radius 3 is 2.38 bits per heavy atom. The summed E-state index contributed by atoms with van der Waals surface area (Å²) >= 11 is 0. The van der Waals surface area contributed by atoms with E-state index < -0.39 is 21.6 Å². The lowest BCUT2D eigenvalue weighted by Gasteiger charge is -2.28. The summed E-state index contributed by atoms with van der Waals surface area (Å²) in [7, 11) is -3.58. The van der Waals surface area contributed by atoms with Gasteiger partial charge < -0.3 is 5.11 Å². The molecule has 1 saturated carbocycles. The molecule has 1 aromatic carbocycles. The van der Waals surface area contributed by atoms with Gasteiger partial charge in [0.1, 0.15) is 11.6 Å². The molecule has 0 bridgehead atoms. The molecule has 1 aromatic rings. The molecule has 1 fully saturated rings. The number of halogens is 1. The largest absolute Gasteiger partial charge is 0.480 e. The predicted molar refractivity (Wildman–Crippen MR) is 90.2 cm³/mol. The monoisotopic (exact) mass is 357 g/mol. The third-order valence-electron chi connectivity index (χ3n) is 4.47. The quantitative estimate of drug-likeness (QED) is 0.733. The number of carbonyl (C=O) groups is 1. The second-order valence-corrected chi connectivity index (χ2v) is 8.52. The molecular formula is C17H24FNO4S. The number of benzene rings is 1. The van der Waals surface area contributed by atoms with Gasteiger partial charge in [-0.2, -0.15) is 0 Å². The van der Waals surface area contributed by atoms with E-state index in [-0.39, 0.29) is 11.6 Å². The molecule has 2 rings (SSSR count). The highest BCUT2D eigenvalue weighted by atomic mass is 32.2. The van der Waals surface area contributed by atoms with Crippen LogP contribution in [-0.4, -0.2) is 55.0 Å². The summed E-state index contributed by atoms with van der Waals surface area (Å²) in [6.45, 7) is 1.04. The highest BCUT2D eigenvalue weighted by Crippen LogP contribution is 2.23. The molecule has 0 aromatic heterocycles. The minimum atomic E-state index is -3.58. The lowest BCUT2D eigenvalue weighted by molar-refractivity contribution is -0.134. The van der Waals surface area contributed by atoms with Crippen molar-refractivity contribution in [2.45, 2.75) is 38.1 Å². The van der Waals surface area contributed by atoms with Crippen molar-refractivity contribution in [3.63, 3.8) is 0 Å². The minimum absolute atomic E-state index is 0.140. The Hall–Kier alpha value is -1.47. The number of carboxylic acid groups (broad SMARTS) is 1. The highest BCUT2D eigenvalue weighted by molar-refractivity contribution is 7.92. The number of sulfone groups is 1. The van der Waals surface area contributed by atoms with Crippen LogP contribution in [0.25, 0.3) is 0 Å². The van der Waals surface area contributed by atoms with Crippen molar-refractivity contribution in [3.05, 3.63) is 35.6 Å². The number of aliphatic carboxylic acids is 1. The van der Waals surface area contributed by atoms with Gasteiger partial charge in [0.15, 0.2) is 9.84 Å². The molecule has 7 heteroatoms. The third-order valence-corrected chi connectivity index (χ3v) is 5.97. The summed E-state index contributed by atoms with van der Waals surface area (Å²) in [5, 5.41) is 8.68. The van der Waals surface area contributed by atoms with Gasteiger partial charge in [0, 0.05) is 19.1 Å². The van der Waals surface area contributed by atoms with E-state index in [9.17, 15) is 17.6 Å². The minimum Gasteiger partial charge on any atom is -0.480 e. The first kappa shape index (κ1) is 18.9. The fourth-order valence-corrected chi connectivity index (χ4v) is 4.22. The smallest absolute Gasteiger partial charge is 0.318 e. The molecule has 0 amide bonds. The number of rotatable bonds is 9. The molecule has 134 valence electrons. The van der Waals surface area contributed by atoms with E-state index in [1.165, 1.54) is 12.1 Å². The average molecular weight is 357 g/mol. The summed E-state index contributed by atoms with van der Waals surface area (Å²) in [6, 6.07) is 6.68. The molecule has 0 spiro atoms. The number of hydrogen-bond acceptors (Lipinski definition) is 4. The van der Waals surface area contributed by atoms with Gasteiger partial charge >= 0.3 is 5.97 Å². The fourth-order valence-electron chi connectivity index (χ4n) is 3.19. The van der Waals surface area contributed by atoms with Crippen molar-refractivity contribution in [1.29, 1.82) is 0 Å². The summed E-state index contributed by atoms with van der Waals surface area (Å²) in [5.41, 5.74) is 1.01. The standard InChI is InChI=1S/C17H24FNO4S/c18-15-7-5-14(6-8-15)9-10-19(16-3-1-2-4-16)11-12-24(22,23)13-17(20)21/h5-8,16H,1-4,9-13H2,(H,20,21). The van der Waals surface area contributed by atoms with E-state index in [4.69, 9.17) is 5.11 Å². The van der Waals surface area contributed by atoms with Gasteiger partial charge in [-0.1, -0.05) is 25.0 Å². The van der Waals surface area contributed by atoms with Crippen LogP contribution in [-0.2, 0) is 21.1 Å². The van der Waals surface area contributed by atoms with Crippen LogP contribution in [0.4, 0.5) is 4.39 Å². The highest BCUT2D eigenvalue weighted by Gasteiger charge is 2.24. The number of carboxylic acids is 1. The lowest BCUT2D eigenvalue weighted by Crippen LogP contribution is -2.39. The van der Waals surface area contributed by atoms with Crippen molar-refractivity contribution in [3.8, 4) is 0 Å². The maximum Gasteiger partial charge on any atom is 0.318 e. The lowest BCUT2D eigenvalue weighted by atomic mass is 10.1. The van der Waals surface area contributed by atoms with Crippen LogP contribution in [0, 0.1) is 5.82 Å².